The molecule has 0 aliphatic heterocycles. The first-order chi connectivity index (χ1) is 16.7. The van der Waals surface area contributed by atoms with Crippen molar-refractivity contribution in [3.63, 3.8) is 0 Å². The Labute approximate surface area is 202 Å². The number of hydrogen-bond donors (Lipinski definition) is 2. The predicted octanol–water partition coefficient (Wildman–Crippen LogP) is 2.18. The number of rotatable bonds is 11. The van der Waals surface area contributed by atoms with Crippen molar-refractivity contribution >= 4 is 27.8 Å². The topological polar surface area (TPSA) is 149 Å². The van der Waals surface area contributed by atoms with E-state index in [9.17, 15) is 18.0 Å². The van der Waals surface area contributed by atoms with E-state index in [0.717, 1.165) is 6.26 Å². The van der Waals surface area contributed by atoms with Gasteiger partial charge >= 0.3 is 0 Å². The fourth-order valence-corrected chi connectivity index (χ4v) is 3.43. The molecule has 12 heteroatoms. The first-order valence-corrected chi connectivity index (χ1v) is 12.4. The minimum atomic E-state index is -3.46. The van der Waals surface area contributed by atoms with Crippen LogP contribution in [0, 0.1) is 6.92 Å². The number of pyridine rings is 1. The molecule has 1 atom stereocenters. The lowest BCUT2D eigenvalue weighted by Gasteiger charge is -2.16. The van der Waals surface area contributed by atoms with Crippen molar-refractivity contribution in [1.29, 1.82) is 0 Å². The number of aldehydes is 1. The quantitative estimate of drug-likeness (QED) is 0.376. The number of ether oxygens (including phenoxy) is 2. The first-order valence-electron chi connectivity index (χ1n) is 10.5. The molecular weight excluding hydrogens is 474 g/mol. The number of aryl methyl sites for hydroxylation is 1. The average molecular weight is 500 g/mol. The number of benzene rings is 1. The Balaban J connectivity index is 1.89. The molecule has 0 aliphatic rings. The van der Waals surface area contributed by atoms with E-state index in [-0.39, 0.29) is 33.7 Å². The van der Waals surface area contributed by atoms with E-state index in [1.165, 1.54) is 48.9 Å². The van der Waals surface area contributed by atoms with Gasteiger partial charge in [-0.2, -0.15) is 0 Å². The zero-order chi connectivity index (χ0) is 25.4. The number of nitrogens with one attached hydrogen (secondary N) is 2. The average Bonchev–Trinajstić information content (AvgIpc) is 2.82. The summed E-state index contributed by atoms with van der Waals surface area (Å²) in [4.78, 5) is 36.4. The molecule has 0 radical (unpaired) electrons. The standard InChI is InChI=1S/C23H25N5O6S/c1-15-11-26-21(13-25-15)28-23(30)16-8-19(10-20(9-16)34-18(14-29)6-7-24-2)33-17-4-5-22(27-12-17)35(3,31)32/h4-5,8-14,18,24H,6-7H2,1-3H3,(H,26,28,30). The number of sulfone groups is 1. The molecule has 0 spiro atoms. The van der Waals surface area contributed by atoms with Crippen LogP contribution in [0.25, 0.3) is 0 Å². The van der Waals surface area contributed by atoms with Crippen molar-refractivity contribution in [2.75, 3.05) is 25.2 Å². The maximum Gasteiger partial charge on any atom is 0.257 e. The molecular formula is C23H25N5O6S. The Morgan fingerprint density at radius 3 is 2.43 bits per heavy atom. The van der Waals surface area contributed by atoms with Crippen LogP contribution in [0.4, 0.5) is 5.82 Å². The molecule has 2 aromatic heterocycles. The second-order valence-electron chi connectivity index (χ2n) is 7.58. The van der Waals surface area contributed by atoms with Crippen molar-refractivity contribution in [2.24, 2.45) is 0 Å². The van der Waals surface area contributed by atoms with Crippen LogP contribution in [0.3, 0.4) is 0 Å². The Bertz CT molecular complexity index is 1280. The molecule has 11 nitrogen and oxygen atoms in total. The van der Waals surface area contributed by atoms with Crippen molar-refractivity contribution < 1.29 is 27.5 Å². The largest absolute Gasteiger partial charge is 0.483 e. The van der Waals surface area contributed by atoms with Crippen LogP contribution >= 0.6 is 0 Å². The van der Waals surface area contributed by atoms with E-state index >= 15 is 0 Å². The summed E-state index contributed by atoms with van der Waals surface area (Å²) in [6.07, 6.45) is 5.62. The van der Waals surface area contributed by atoms with E-state index in [0.29, 0.717) is 24.9 Å². The number of aromatic nitrogens is 3. The zero-order valence-corrected chi connectivity index (χ0v) is 20.2. The van der Waals surface area contributed by atoms with Gasteiger partial charge in [-0.3, -0.25) is 14.6 Å². The van der Waals surface area contributed by atoms with Crippen molar-refractivity contribution in [1.82, 2.24) is 20.3 Å². The molecule has 0 fully saturated rings. The van der Waals surface area contributed by atoms with Gasteiger partial charge in [0.05, 0.1) is 24.3 Å². The van der Waals surface area contributed by atoms with Gasteiger partial charge in [0.25, 0.3) is 5.91 Å². The highest BCUT2D eigenvalue weighted by Crippen LogP contribution is 2.29. The summed E-state index contributed by atoms with van der Waals surface area (Å²) in [6, 6.07) is 7.22. The van der Waals surface area contributed by atoms with Gasteiger partial charge in [0.2, 0.25) is 0 Å². The highest BCUT2D eigenvalue weighted by Gasteiger charge is 2.16. The third-order valence-corrected chi connectivity index (χ3v) is 5.61. The summed E-state index contributed by atoms with van der Waals surface area (Å²) < 4.78 is 34.8. The number of carbonyl (C=O) groups is 2. The number of anilines is 1. The Morgan fingerprint density at radius 1 is 1.06 bits per heavy atom. The van der Waals surface area contributed by atoms with Gasteiger partial charge in [-0.25, -0.2) is 18.4 Å². The van der Waals surface area contributed by atoms with Crippen molar-refractivity contribution in [3.05, 3.63) is 60.2 Å². The summed E-state index contributed by atoms with van der Waals surface area (Å²) in [6.45, 7) is 2.33. The molecule has 0 saturated heterocycles. The molecule has 35 heavy (non-hydrogen) atoms. The van der Waals surface area contributed by atoms with Crippen LogP contribution in [0.15, 0.2) is 53.9 Å². The van der Waals surface area contributed by atoms with Crippen LogP contribution < -0.4 is 20.1 Å². The van der Waals surface area contributed by atoms with Crippen LogP contribution in [0.2, 0.25) is 0 Å². The smallest absolute Gasteiger partial charge is 0.257 e. The molecule has 0 saturated carbocycles. The van der Waals surface area contributed by atoms with Crippen LogP contribution in [0.1, 0.15) is 22.5 Å². The third kappa shape index (κ3) is 7.55. The molecule has 3 aromatic rings. The summed E-state index contributed by atoms with van der Waals surface area (Å²) in [7, 11) is -1.70. The molecule has 2 N–H and O–H groups in total. The summed E-state index contributed by atoms with van der Waals surface area (Å²) in [5.41, 5.74) is 0.880. The third-order valence-electron chi connectivity index (χ3n) is 4.61. The minimum absolute atomic E-state index is 0.0976. The molecule has 184 valence electrons. The van der Waals surface area contributed by atoms with Gasteiger partial charge in [0.15, 0.2) is 33.1 Å². The number of carbonyl (C=O) groups excluding carboxylic acids is 2. The number of nitrogens with zero attached hydrogens (tertiary/aromatic N) is 3. The number of amides is 1. The second kappa shape index (κ2) is 11.5. The van der Waals surface area contributed by atoms with E-state index in [1.54, 1.807) is 14.0 Å². The highest BCUT2D eigenvalue weighted by atomic mass is 32.2. The van der Waals surface area contributed by atoms with E-state index < -0.39 is 21.8 Å². The van der Waals surface area contributed by atoms with Crippen LogP contribution in [-0.4, -0.2) is 61.5 Å². The van der Waals surface area contributed by atoms with Crippen LogP contribution in [-0.2, 0) is 14.6 Å². The molecule has 2 heterocycles. The lowest BCUT2D eigenvalue weighted by atomic mass is 10.1. The van der Waals surface area contributed by atoms with E-state index in [4.69, 9.17) is 9.47 Å². The van der Waals surface area contributed by atoms with E-state index in [2.05, 4.69) is 25.6 Å². The normalized spacial score (nSPS) is 12.0. The fraction of sp³-hybridized carbons (Fsp3) is 0.261. The van der Waals surface area contributed by atoms with Gasteiger partial charge in [-0.15, -0.1) is 0 Å². The molecule has 1 aromatic carbocycles. The molecule has 1 amide bonds. The second-order valence-corrected chi connectivity index (χ2v) is 9.54. The monoisotopic (exact) mass is 499 g/mol. The SMILES string of the molecule is CNCCC(C=O)Oc1cc(Oc2ccc(S(C)(=O)=O)nc2)cc(C(=O)Nc2cnc(C)cn2)c1. The van der Waals surface area contributed by atoms with Gasteiger partial charge in [0.1, 0.15) is 17.2 Å². The Hall–Kier alpha value is -3.90. The zero-order valence-electron chi connectivity index (χ0n) is 19.4. The lowest BCUT2D eigenvalue weighted by molar-refractivity contribution is -0.113. The molecule has 0 bridgehead atoms. The highest BCUT2D eigenvalue weighted by molar-refractivity contribution is 7.90. The predicted molar refractivity (Wildman–Crippen MR) is 128 cm³/mol. The van der Waals surface area contributed by atoms with Crippen LogP contribution in [0.5, 0.6) is 17.2 Å². The van der Waals surface area contributed by atoms with Gasteiger partial charge < -0.3 is 20.1 Å². The van der Waals surface area contributed by atoms with Gasteiger partial charge in [-0.1, -0.05) is 0 Å². The van der Waals surface area contributed by atoms with Crippen molar-refractivity contribution in [3.8, 4) is 17.2 Å². The summed E-state index contributed by atoms with van der Waals surface area (Å²) in [5, 5.41) is 5.50. The first kappa shape index (κ1) is 25.7. The summed E-state index contributed by atoms with van der Waals surface area (Å²) in [5.74, 6) is 0.454. The molecule has 1 unspecified atom stereocenters. The lowest BCUT2D eigenvalue weighted by Crippen LogP contribution is -2.24. The Morgan fingerprint density at radius 2 is 1.83 bits per heavy atom. The Kier molecular flexibility index (Phi) is 8.44. The van der Waals surface area contributed by atoms with Gasteiger partial charge in [-0.05, 0) is 44.8 Å². The van der Waals surface area contributed by atoms with E-state index in [1.807, 2.05) is 0 Å². The maximum atomic E-state index is 12.9. The summed E-state index contributed by atoms with van der Waals surface area (Å²) >= 11 is 0. The fourth-order valence-electron chi connectivity index (χ4n) is 2.87. The molecule has 3 rings (SSSR count). The molecule has 0 aliphatic carbocycles. The van der Waals surface area contributed by atoms with Crippen molar-refractivity contribution in [2.45, 2.75) is 24.5 Å². The number of hydrogen-bond acceptors (Lipinski definition) is 10. The minimum Gasteiger partial charge on any atom is -0.483 e. The van der Waals surface area contributed by atoms with Gasteiger partial charge in [0, 0.05) is 24.3 Å². The maximum absolute atomic E-state index is 12.9.